The highest BCUT2D eigenvalue weighted by Crippen LogP contribution is 2.33. The van der Waals surface area contributed by atoms with Gasteiger partial charge in [-0.25, -0.2) is 4.99 Å². The Labute approximate surface area is 211 Å². The highest BCUT2D eigenvalue weighted by Gasteiger charge is 2.22. The number of hydrogen-bond acceptors (Lipinski definition) is 5. The van der Waals surface area contributed by atoms with E-state index in [4.69, 9.17) is 9.47 Å². The highest BCUT2D eigenvalue weighted by molar-refractivity contribution is 14.0. The summed E-state index contributed by atoms with van der Waals surface area (Å²) in [7, 11) is 3.28. The molecule has 3 rings (SSSR count). The Morgan fingerprint density at radius 3 is 2.59 bits per heavy atom. The van der Waals surface area contributed by atoms with Gasteiger partial charge in [-0.2, -0.15) is 0 Å². The second-order valence-electron chi connectivity index (χ2n) is 7.35. The summed E-state index contributed by atoms with van der Waals surface area (Å²) in [4.78, 5) is 20.5. The molecule has 32 heavy (non-hydrogen) atoms. The first-order valence-electron chi connectivity index (χ1n) is 10.7. The van der Waals surface area contributed by atoms with Gasteiger partial charge in [-0.3, -0.25) is 4.79 Å². The van der Waals surface area contributed by atoms with Crippen LogP contribution in [0.25, 0.3) is 0 Å². The lowest BCUT2D eigenvalue weighted by Gasteiger charge is -2.29. The fourth-order valence-corrected chi connectivity index (χ4v) is 4.23. The number of fused-ring (bicyclic) bond motifs is 1. The van der Waals surface area contributed by atoms with Crippen molar-refractivity contribution in [3.8, 4) is 11.5 Å². The maximum absolute atomic E-state index is 12.7. The number of carbonyl (C=O) groups excluding carboxylic acids is 1. The minimum absolute atomic E-state index is 0. The summed E-state index contributed by atoms with van der Waals surface area (Å²) in [6, 6.07) is 8.13. The van der Waals surface area contributed by atoms with Gasteiger partial charge in [-0.05, 0) is 54.5 Å². The maximum Gasteiger partial charge on any atom is 0.222 e. The lowest BCUT2D eigenvalue weighted by Crippen LogP contribution is -2.39. The van der Waals surface area contributed by atoms with Crippen LogP contribution < -0.4 is 20.1 Å². The van der Waals surface area contributed by atoms with Crippen LogP contribution in [0.2, 0.25) is 0 Å². The number of halogens is 1. The number of guanidine groups is 1. The van der Waals surface area contributed by atoms with Crippen LogP contribution in [-0.4, -0.2) is 50.6 Å². The molecule has 176 valence electrons. The van der Waals surface area contributed by atoms with Gasteiger partial charge < -0.3 is 25.0 Å². The Bertz CT molecular complexity index is 890. The fourth-order valence-electron chi connectivity index (χ4n) is 3.60. The second-order valence-corrected chi connectivity index (χ2v) is 8.38. The molecule has 0 saturated carbocycles. The van der Waals surface area contributed by atoms with E-state index in [1.165, 1.54) is 10.4 Å². The molecule has 1 aromatic heterocycles. The molecule has 0 radical (unpaired) electrons. The van der Waals surface area contributed by atoms with E-state index in [0.717, 1.165) is 43.2 Å². The molecule has 1 aliphatic rings. The predicted molar refractivity (Wildman–Crippen MR) is 140 cm³/mol. The van der Waals surface area contributed by atoms with Crippen molar-refractivity contribution in [2.45, 2.75) is 39.3 Å². The van der Waals surface area contributed by atoms with E-state index in [-0.39, 0.29) is 29.9 Å². The third kappa shape index (κ3) is 7.26. The van der Waals surface area contributed by atoms with E-state index in [1.807, 2.05) is 30.0 Å². The molecule has 0 aliphatic carbocycles. The van der Waals surface area contributed by atoms with Gasteiger partial charge in [0.1, 0.15) is 0 Å². The van der Waals surface area contributed by atoms with Crippen LogP contribution in [-0.2, 0) is 24.3 Å². The fraction of sp³-hybridized carbons (Fsp3) is 0.478. The normalized spacial score (nSPS) is 13.1. The number of rotatable bonds is 9. The van der Waals surface area contributed by atoms with Crippen LogP contribution in [0.5, 0.6) is 11.5 Å². The SMILES string of the molecule is CCNC(=NCc1cccs1)NCCCC(=O)N1CCc2cc(OC)c(OC)cc2C1.I. The van der Waals surface area contributed by atoms with Crippen LogP contribution in [0.1, 0.15) is 35.8 Å². The number of hydrogen-bond donors (Lipinski definition) is 2. The molecule has 0 bridgehead atoms. The van der Waals surface area contributed by atoms with Gasteiger partial charge >= 0.3 is 0 Å². The molecular weight excluding hydrogens is 539 g/mol. The quantitative estimate of drug-likeness (QED) is 0.207. The monoisotopic (exact) mass is 572 g/mol. The number of nitrogens with one attached hydrogen (secondary N) is 2. The predicted octanol–water partition coefficient (Wildman–Crippen LogP) is 3.80. The Hall–Kier alpha value is -2.01. The summed E-state index contributed by atoms with van der Waals surface area (Å²) >= 11 is 1.70. The molecule has 9 heteroatoms. The average molecular weight is 573 g/mol. The largest absolute Gasteiger partial charge is 0.493 e. The van der Waals surface area contributed by atoms with Gasteiger partial charge in [0.05, 0.1) is 20.8 Å². The molecule has 1 aromatic carbocycles. The molecule has 0 atom stereocenters. The van der Waals surface area contributed by atoms with Crippen molar-refractivity contribution >= 4 is 47.2 Å². The summed E-state index contributed by atoms with van der Waals surface area (Å²) in [6.45, 7) is 5.57. The Balaban J connectivity index is 0.00000363. The average Bonchev–Trinajstić information content (AvgIpc) is 3.32. The lowest BCUT2D eigenvalue weighted by atomic mass is 9.98. The van der Waals surface area contributed by atoms with Crippen LogP contribution in [0, 0.1) is 0 Å². The Morgan fingerprint density at radius 1 is 1.19 bits per heavy atom. The third-order valence-electron chi connectivity index (χ3n) is 5.25. The minimum Gasteiger partial charge on any atom is -0.493 e. The van der Waals surface area contributed by atoms with E-state index >= 15 is 0 Å². The first-order valence-corrected chi connectivity index (χ1v) is 11.6. The number of ether oxygens (including phenoxy) is 2. The summed E-state index contributed by atoms with van der Waals surface area (Å²) in [5.41, 5.74) is 2.35. The van der Waals surface area contributed by atoms with Crippen molar-refractivity contribution in [2.75, 3.05) is 33.9 Å². The second kappa shape index (κ2) is 13.5. The summed E-state index contributed by atoms with van der Waals surface area (Å²) in [6.07, 6.45) is 2.11. The molecule has 0 fully saturated rings. The molecular formula is C23H33IN4O3S. The molecule has 1 aliphatic heterocycles. The molecule has 1 amide bonds. The first kappa shape index (κ1) is 26.2. The molecule has 7 nitrogen and oxygen atoms in total. The third-order valence-corrected chi connectivity index (χ3v) is 6.11. The standard InChI is InChI=1S/C23H32N4O3S.HI/c1-4-24-23(26-15-19-7-6-12-31-19)25-10-5-8-22(28)27-11-9-17-13-20(29-2)21(30-3)14-18(17)16-27;/h6-7,12-14H,4-5,8-11,15-16H2,1-3H3,(H2,24,25,26);1H. The van der Waals surface area contributed by atoms with Crippen LogP contribution in [0.15, 0.2) is 34.6 Å². The number of benzene rings is 1. The summed E-state index contributed by atoms with van der Waals surface area (Å²) < 4.78 is 10.8. The van der Waals surface area contributed by atoms with Crippen LogP contribution in [0.3, 0.4) is 0 Å². The molecule has 0 spiro atoms. The Morgan fingerprint density at radius 2 is 1.94 bits per heavy atom. The number of nitrogens with zero attached hydrogens (tertiary/aromatic N) is 2. The number of amides is 1. The minimum atomic E-state index is 0. The van der Waals surface area contributed by atoms with E-state index < -0.39 is 0 Å². The van der Waals surface area contributed by atoms with Crippen molar-refractivity contribution in [1.82, 2.24) is 15.5 Å². The smallest absolute Gasteiger partial charge is 0.222 e. The summed E-state index contributed by atoms with van der Waals surface area (Å²) in [5.74, 6) is 2.42. The van der Waals surface area contributed by atoms with Gasteiger partial charge in [-0.1, -0.05) is 6.07 Å². The zero-order valence-corrected chi connectivity index (χ0v) is 22.1. The van der Waals surface area contributed by atoms with Crippen molar-refractivity contribution < 1.29 is 14.3 Å². The van der Waals surface area contributed by atoms with Gasteiger partial charge in [-0.15, -0.1) is 35.3 Å². The van der Waals surface area contributed by atoms with Crippen LogP contribution in [0.4, 0.5) is 0 Å². The van der Waals surface area contributed by atoms with Crippen molar-refractivity contribution in [1.29, 1.82) is 0 Å². The van der Waals surface area contributed by atoms with Crippen molar-refractivity contribution in [3.05, 3.63) is 45.6 Å². The number of carbonyl (C=O) groups is 1. The summed E-state index contributed by atoms with van der Waals surface area (Å²) in [5, 5.41) is 8.64. The van der Waals surface area contributed by atoms with E-state index in [1.54, 1.807) is 25.6 Å². The topological polar surface area (TPSA) is 75.2 Å². The molecule has 0 unspecified atom stereocenters. The highest BCUT2D eigenvalue weighted by atomic mass is 127. The zero-order valence-electron chi connectivity index (χ0n) is 19.0. The van der Waals surface area contributed by atoms with Gasteiger partial charge in [0.25, 0.3) is 0 Å². The maximum atomic E-state index is 12.7. The first-order chi connectivity index (χ1) is 15.1. The van der Waals surface area contributed by atoms with Crippen molar-refractivity contribution in [3.63, 3.8) is 0 Å². The molecule has 2 N–H and O–H groups in total. The molecule has 0 saturated heterocycles. The van der Waals surface area contributed by atoms with Gasteiger partial charge in [0.15, 0.2) is 17.5 Å². The van der Waals surface area contributed by atoms with Gasteiger partial charge in [0.2, 0.25) is 5.91 Å². The number of aliphatic imine (C=N–C) groups is 1. The van der Waals surface area contributed by atoms with E-state index in [2.05, 4.69) is 27.1 Å². The lowest BCUT2D eigenvalue weighted by molar-refractivity contribution is -0.132. The van der Waals surface area contributed by atoms with Crippen LogP contribution >= 0.6 is 35.3 Å². The zero-order chi connectivity index (χ0) is 22.1. The Kier molecular flexibility index (Phi) is 11.1. The molecule has 2 heterocycles. The van der Waals surface area contributed by atoms with E-state index in [0.29, 0.717) is 31.8 Å². The van der Waals surface area contributed by atoms with Gasteiger partial charge in [0, 0.05) is 37.5 Å². The number of methoxy groups -OCH3 is 2. The molecule has 2 aromatic rings. The number of thiophene rings is 1. The van der Waals surface area contributed by atoms with E-state index in [9.17, 15) is 4.79 Å². The van der Waals surface area contributed by atoms with Crippen molar-refractivity contribution in [2.24, 2.45) is 4.99 Å².